The Balaban J connectivity index is 2.04. The fourth-order valence-electron chi connectivity index (χ4n) is 1.66. The maximum atomic E-state index is 11.6. The second-order valence-corrected chi connectivity index (χ2v) is 5.33. The topological polar surface area (TPSA) is 90.7 Å². The van der Waals surface area contributed by atoms with Gasteiger partial charge in [-0.05, 0) is 18.6 Å². The molecule has 0 saturated heterocycles. The van der Waals surface area contributed by atoms with Crippen molar-refractivity contribution in [3.05, 3.63) is 35.3 Å². The van der Waals surface area contributed by atoms with Crippen LogP contribution in [0.15, 0.2) is 30.3 Å². The smallest absolute Gasteiger partial charge is 0.221 e. The molecule has 6 nitrogen and oxygen atoms in total. The number of amides is 1. The summed E-state index contributed by atoms with van der Waals surface area (Å²) < 4.78 is 0. The minimum absolute atomic E-state index is 0.156. The van der Waals surface area contributed by atoms with Crippen LogP contribution >= 0.6 is 11.3 Å². The SMILES string of the molecule is CCCC(=O)N[C@@H](C#N)c1nnc(Nc2ccccc2)s1. The van der Waals surface area contributed by atoms with Crippen molar-refractivity contribution in [2.75, 3.05) is 5.32 Å². The Morgan fingerprint density at radius 2 is 2.14 bits per heavy atom. The van der Waals surface area contributed by atoms with Crippen molar-refractivity contribution in [2.45, 2.75) is 25.8 Å². The molecule has 0 aliphatic rings. The number of nitrogens with one attached hydrogen (secondary N) is 2. The molecule has 1 amide bonds. The molecule has 0 aliphatic carbocycles. The second kappa shape index (κ2) is 7.36. The van der Waals surface area contributed by atoms with Crippen LogP contribution in [-0.4, -0.2) is 16.1 Å². The molecule has 1 aromatic carbocycles. The van der Waals surface area contributed by atoms with E-state index in [1.807, 2.05) is 43.3 Å². The summed E-state index contributed by atoms with van der Waals surface area (Å²) in [6, 6.07) is 10.8. The Morgan fingerprint density at radius 1 is 1.38 bits per heavy atom. The van der Waals surface area contributed by atoms with Crippen LogP contribution in [0.1, 0.15) is 30.8 Å². The zero-order valence-electron chi connectivity index (χ0n) is 11.5. The van der Waals surface area contributed by atoms with E-state index in [0.29, 0.717) is 16.6 Å². The van der Waals surface area contributed by atoms with Gasteiger partial charge in [-0.3, -0.25) is 4.79 Å². The first-order chi connectivity index (χ1) is 10.2. The van der Waals surface area contributed by atoms with Gasteiger partial charge in [-0.1, -0.05) is 36.5 Å². The van der Waals surface area contributed by atoms with E-state index in [4.69, 9.17) is 5.26 Å². The van der Waals surface area contributed by atoms with E-state index in [1.54, 1.807) is 0 Å². The van der Waals surface area contributed by atoms with Gasteiger partial charge in [0.15, 0.2) is 11.0 Å². The molecule has 0 saturated carbocycles. The molecule has 1 atom stereocenters. The van der Waals surface area contributed by atoms with Gasteiger partial charge in [-0.2, -0.15) is 5.26 Å². The molecule has 0 unspecified atom stereocenters. The molecule has 1 aromatic heterocycles. The second-order valence-electron chi connectivity index (χ2n) is 4.32. The van der Waals surface area contributed by atoms with Crippen molar-refractivity contribution in [1.29, 1.82) is 5.26 Å². The number of para-hydroxylation sites is 1. The number of nitrogens with zero attached hydrogens (tertiary/aromatic N) is 3. The van der Waals surface area contributed by atoms with Gasteiger partial charge < -0.3 is 10.6 Å². The highest BCUT2D eigenvalue weighted by Gasteiger charge is 2.18. The van der Waals surface area contributed by atoms with Gasteiger partial charge in [0.2, 0.25) is 11.0 Å². The maximum absolute atomic E-state index is 11.6. The van der Waals surface area contributed by atoms with E-state index >= 15 is 0 Å². The monoisotopic (exact) mass is 301 g/mol. The van der Waals surface area contributed by atoms with E-state index in [2.05, 4.69) is 20.8 Å². The molecular formula is C14H15N5OS. The summed E-state index contributed by atoms with van der Waals surface area (Å²) in [5.74, 6) is -0.156. The number of carbonyl (C=O) groups excluding carboxylic acids is 1. The Kier molecular flexibility index (Phi) is 5.23. The molecule has 0 radical (unpaired) electrons. The zero-order valence-corrected chi connectivity index (χ0v) is 12.4. The third kappa shape index (κ3) is 4.26. The predicted molar refractivity (Wildman–Crippen MR) is 81.0 cm³/mol. The summed E-state index contributed by atoms with van der Waals surface area (Å²) in [5, 5.41) is 23.9. The number of hydrogen-bond donors (Lipinski definition) is 2. The molecule has 21 heavy (non-hydrogen) atoms. The lowest BCUT2D eigenvalue weighted by Gasteiger charge is -2.07. The molecule has 0 bridgehead atoms. The van der Waals surface area contributed by atoms with E-state index < -0.39 is 6.04 Å². The van der Waals surface area contributed by atoms with Crippen LogP contribution in [0.3, 0.4) is 0 Å². The summed E-state index contributed by atoms with van der Waals surface area (Å²) in [5.41, 5.74) is 0.892. The molecule has 1 heterocycles. The largest absolute Gasteiger partial charge is 0.335 e. The Morgan fingerprint density at radius 3 is 2.81 bits per heavy atom. The normalized spacial score (nSPS) is 11.4. The first-order valence-corrected chi connectivity index (χ1v) is 7.39. The highest BCUT2D eigenvalue weighted by atomic mass is 32.1. The Bertz CT molecular complexity index is 634. The maximum Gasteiger partial charge on any atom is 0.221 e. The van der Waals surface area contributed by atoms with Crippen LogP contribution in [0, 0.1) is 11.3 Å². The lowest BCUT2D eigenvalue weighted by Crippen LogP contribution is -2.27. The van der Waals surface area contributed by atoms with Gasteiger partial charge in [-0.25, -0.2) is 0 Å². The predicted octanol–water partition coefficient (Wildman–Crippen LogP) is 2.76. The molecule has 7 heteroatoms. The fraction of sp³-hybridized carbons (Fsp3) is 0.286. The van der Waals surface area contributed by atoms with E-state index in [9.17, 15) is 4.79 Å². The van der Waals surface area contributed by atoms with Crippen LogP contribution in [0.4, 0.5) is 10.8 Å². The van der Waals surface area contributed by atoms with Crippen molar-refractivity contribution in [1.82, 2.24) is 15.5 Å². The first kappa shape index (κ1) is 14.9. The van der Waals surface area contributed by atoms with Gasteiger partial charge in [0, 0.05) is 12.1 Å². The lowest BCUT2D eigenvalue weighted by molar-refractivity contribution is -0.121. The number of carbonyl (C=O) groups is 1. The van der Waals surface area contributed by atoms with Crippen LogP contribution in [0.25, 0.3) is 0 Å². The average molecular weight is 301 g/mol. The number of rotatable bonds is 6. The van der Waals surface area contributed by atoms with Crippen molar-refractivity contribution in [3.63, 3.8) is 0 Å². The fourth-order valence-corrected chi connectivity index (χ4v) is 2.42. The minimum atomic E-state index is -0.757. The van der Waals surface area contributed by atoms with Crippen molar-refractivity contribution < 1.29 is 4.79 Å². The molecule has 2 aromatic rings. The lowest BCUT2D eigenvalue weighted by atomic mass is 10.3. The van der Waals surface area contributed by atoms with Gasteiger partial charge in [0.05, 0.1) is 6.07 Å². The molecule has 2 N–H and O–H groups in total. The third-order valence-corrected chi connectivity index (χ3v) is 3.53. The standard InChI is InChI=1S/C14H15N5OS/c1-2-6-12(20)17-11(9-15)13-18-19-14(21-13)16-10-7-4-3-5-8-10/h3-5,7-8,11H,2,6H2,1H3,(H,16,19)(H,17,20)/t11-/m0/s1. The molecule has 0 spiro atoms. The molecular weight excluding hydrogens is 286 g/mol. The molecule has 2 rings (SSSR count). The van der Waals surface area contributed by atoms with Crippen LogP contribution < -0.4 is 10.6 Å². The number of anilines is 2. The molecule has 108 valence electrons. The Labute approximate surface area is 126 Å². The number of hydrogen-bond acceptors (Lipinski definition) is 6. The van der Waals surface area contributed by atoms with E-state index in [0.717, 1.165) is 12.1 Å². The van der Waals surface area contributed by atoms with E-state index in [-0.39, 0.29) is 5.91 Å². The molecule has 0 fully saturated rings. The van der Waals surface area contributed by atoms with Crippen molar-refractivity contribution in [2.24, 2.45) is 0 Å². The summed E-state index contributed by atoms with van der Waals surface area (Å²) in [4.78, 5) is 11.6. The summed E-state index contributed by atoms with van der Waals surface area (Å²) in [6.07, 6.45) is 1.13. The number of aromatic nitrogens is 2. The average Bonchev–Trinajstić information content (AvgIpc) is 2.94. The van der Waals surface area contributed by atoms with Crippen molar-refractivity contribution in [3.8, 4) is 6.07 Å². The zero-order chi connectivity index (χ0) is 15.1. The highest BCUT2D eigenvalue weighted by Crippen LogP contribution is 2.24. The first-order valence-electron chi connectivity index (χ1n) is 6.57. The summed E-state index contributed by atoms with van der Waals surface area (Å²) >= 11 is 1.25. The summed E-state index contributed by atoms with van der Waals surface area (Å²) in [6.45, 7) is 1.91. The quantitative estimate of drug-likeness (QED) is 0.856. The minimum Gasteiger partial charge on any atom is -0.335 e. The van der Waals surface area contributed by atoms with E-state index in [1.165, 1.54) is 11.3 Å². The highest BCUT2D eigenvalue weighted by molar-refractivity contribution is 7.15. The number of nitriles is 1. The van der Waals surface area contributed by atoms with Gasteiger partial charge in [-0.15, -0.1) is 10.2 Å². The number of benzene rings is 1. The van der Waals surface area contributed by atoms with Gasteiger partial charge >= 0.3 is 0 Å². The van der Waals surface area contributed by atoms with Crippen LogP contribution in [-0.2, 0) is 4.79 Å². The van der Waals surface area contributed by atoms with Crippen molar-refractivity contribution >= 4 is 28.1 Å². The Hall–Kier alpha value is -2.46. The third-order valence-electron chi connectivity index (χ3n) is 2.62. The van der Waals surface area contributed by atoms with Gasteiger partial charge in [0.25, 0.3) is 0 Å². The van der Waals surface area contributed by atoms with Gasteiger partial charge in [0.1, 0.15) is 0 Å². The summed E-state index contributed by atoms with van der Waals surface area (Å²) in [7, 11) is 0. The van der Waals surface area contributed by atoms with Crippen LogP contribution in [0.5, 0.6) is 0 Å². The molecule has 0 aliphatic heterocycles. The van der Waals surface area contributed by atoms with Crippen LogP contribution in [0.2, 0.25) is 0 Å².